The molecule has 0 saturated carbocycles. The molecule has 3 nitrogen and oxygen atoms in total. The highest BCUT2D eigenvalue weighted by atomic mass is 32.1. The SMILES string of the molecule is CC(C)(C)C1CCc2c(sc(/N=C/c3ccccc3)c2C(=O)Nc2ccccc2)C1. The van der Waals surface area contributed by atoms with E-state index in [0.717, 1.165) is 41.1 Å². The number of benzene rings is 2. The van der Waals surface area contributed by atoms with Gasteiger partial charge in [-0.15, -0.1) is 11.3 Å². The van der Waals surface area contributed by atoms with E-state index in [4.69, 9.17) is 4.99 Å². The molecule has 0 saturated heterocycles. The van der Waals surface area contributed by atoms with Gasteiger partial charge in [-0.25, -0.2) is 4.99 Å². The van der Waals surface area contributed by atoms with Crippen molar-refractivity contribution in [3.05, 3.63) is 82.2 Å². The molecule has 1 aliphatic carbocycles. The molecule has 154 valence electrons. The monoisotopic (exact) mass is 416 g/mol. The molecule has 1 heterocycles. The van der Waals surface area contributed by atoms with Crippen LogP contribution in [-0.4, -0.2) is 12.1 Å². The molecule has 0 aliphatic heterocycles. The number of hydrogen-bond acceptors (Lipinski definition) is 3. The first kappa shape index (κ1) is 20.5. The molecule has 4 heteroatoms. The van der Waals surface area contributed by atoms with Crippen LogP contribution in [0, 0.1) is 11.3 Å². The minimum Gasteiger partial charge on any atom is -0.322 e. The summed E-state index contributed by atoms with van der Waals surface area (Å²) in [4.78, 5) is 19.4. The van der Waals surface area contributed by atoms with Crippen molar-refractivity contribution in [1.29, 1.82) is 0 Å². The Hall–Kier alpha value is -2.72. The van der Waals surface area contributed by atoms with Crippen molar-refractivity contribution in [3.63, 3.8) is 0 Å². The maximum atomic E-state index is 13.3. The quantitative estimate of drug-likeness (QED) is 0.462. The zero-order valence-electron chi connectivity index (χ0n) is 17.8. The van der Waals surface area contributed by atoms with Crippen LogP contribution in [0.5, 0.6) is 0 Å². The highest BCUT2D eigenvalue weighted by Gasteiger charge is 2.33. The number of nitrogens with one attached hydrogen (secondary N) is 1. The number of rotatable bonds is 4. The standard InChI is InChI=1S/C26H28N2OS/c1-26(2,3)19-14-15-21-22(16-19)30-25(27-17-18-10-6-4-7-11-18)23(21)24(29)28-20-12-8-5-9-13-20/h4-13,17,19H,14-16H2,1-3H3,(H,28,29)/b27-17+. The lowest BCUT2D eigenvalue weighted by Crippen LogP contribution is -2.27. The summed E-state index contributed by atoms with van der Waals surface area (Å²) in [6, 6.07) is 19.7. The molecule has 3 aromatic rings. The van der Waals surface area contributed by atoms with Crippen molar-refractivity contribution in [3.8, 4) is 0 Å². The third-order valence-corrected chi connectivity index (χ3v) is 7.02. The molecule has 0 spiro atoms. The second-order valence-corrected chi connectivity index (χ2v) is 10.1. The van der Waals surface area contributed by atoms with E-state index in [1.807, 2.05) is 66.9 Å². The summed E-state index contributed by atoms with van der Waals surface area (Å²) in [6.07, 6.45) is 4.93. The second kappa shape index (κ2) is 8.57. The van der Waals surface area contributed by atoms with Crippen molar-refractivity contribution in [1.82, 2.24) is 0 Å². The maximum absolute atomic E-state index is 13.3. The number of aliphatic imine (C=N–C) groups is 1. The third kappa shape index (κ3) is 4.54. The fraction of sp³-hybridized carbons (Fsp3) is 0.308. The number of anilines is 1. The number of carbonyl (C=O) groups excluding carboxylic acids is 1. The molecule has 0 bridgehead atoms. The Morgan fingerprint density at radius 1 is 1.07 bits per heavy atom. The Balaban J connectivity index is 1.70. The van der Waals surface area contributed by atoms with E-state index in [9.17, 15) is 4.79 Å². The number of nitrogens with zero attached hydrogens (tertiary/aromatic N) is 1. The maximum Gasteiger partial charge on any atom is 0.259 e. The minimum absolute atomic E-state index is 0.0619. The minimum atomic E-state index is -0.0619. The molecule has 1 aromatic heterocycles. The van der Waals surface area contributed by atoms with Gasteiger partial charge in [-0.3, -0.25) is 4.79 Å². The summed E-state index contributed by atoms with van der Waals surface area (Å²) in [7, 11) is 0. The van der Waals surface area contributed by atoms with Crippen LogP contribution in [0.2, 0.25) is 0 Å². The van der Waals surface area contributed by atoms with Crippen LogP contribution >= 0.6 is 11.3 Å². The third-order valence-electron chi connectivity index (χ3n) is 5.86. The van der Waals surface area contributed by atoms with E-state index >= 15 is 0 Å². The van der Waals surface area contributed by atoms with E-state index in [1.165, 1.54) is 10.4 Å². The predicted octanol–water partition coefficient (Wildman–Crippen LogP) is 6.90. The predicted molar refractivity (Wildman–Crippen MR) is 127 cm³/mol. The van der Waals surface area contributed by atoms with Gasteiger partial charge in [0.15, 0.2) is 0 Å². The van der Waals surface area contributed by atoms with Crippen LogP contribution in [-0.2, 0) is 12.8 Å². The van der Waals surface area contributed by atoms with Crippen molar-refractivity contribution >= 4 is 34.1 Å². The molecule has 0 radical (unpaired) electrons. The first-order valence-electron chi connectivity index (χ1n) is 10.5. The summed E-state index contributed by atoms with van der Waals surface area (Å²) in [6.45, 7) is 6.94. The summed E-state index contributed by atoms with van der Waals surface area (Å²) in [5.74, 6) is 0.563. The fourth-order valence-corrected chi connectivity index (χ4v) is 5.29. The molecular weight excluding hydrogens is 388 g/mol. The van der Waals surface area contributed by atoms with Crippen LogP contribution in [0.15, 0.2) is 65.7 Å². The topological polar surface area (TPSA) is 41.5 Å². The van der Waals surface area contributed by atoms with Gasteiger partial charge < -0.3 is 5.32 Å². The number of amides is 1. The van der Waals surface area contributed by atoms with Crippen LogP contribution in [0.25, 0.3) is 0 Å². The molecule has 2 aromatic carbocycles. The van der Waals surface area contributed by atoms with Crippen LogP contribution < -0.4 is 5.32 Å². The Morgan fingerprint density at radius 2 is 1.73 bits per heavy atom. The van der Waals surface area contributed by atoms with Gasteiger partial charge in [-0.05, 0) is 53.9 Å². The lowest BCUT2D eigenvalue weighted by Gasteiger charge is -2.33. The number of thiophene rings is 1. The molecular formula is C26H28N2OS. The van der Waals surface area contributed by atoms with Crippen molar-refractivity contribution in [2.75, 3.05) is 5.32 Å². The summed E-state index contributed by atoms with van der Waals surface area (Å²) >= 11 is 1.68. The Labute approximate surface area is 182 Å². The van der Waals surface area contributed by atoms with E-state index in [0.29, 0.717) is 5.92 Å². The second-order valence-electron chi connectivity index (χ2n) is 8.98. The largest absolute Gasteiger partial charge is 0.322 e. The molecule has 1 amide bonds. The van der Waals surface area contributed by atoms with E-state index in [2.05, 4.69) is 26.1 Å². The molecule has 30 heavy (non-hydrogen) atoms. The first-order chi connectivity index (χ1) is 14.4. The molecule has 1 unspecified atom stereocenters. The summed E-state index contributed by atoms with van der Waals surface area (Å²) in [5, 5.41) is 3.88. The van der Waals surface area contributed by atoms with Crippen LogP contribution in [0.4, 0.5) is 10.7 Å². The Morgan fingerprint density at radius 3 is 2.40 bits per heavy atom. The number of para-hydroxylation sites is 1. The Kier molecular flexibility index (Phi) is 5.87. The molecule has 4 rings (SSSR count). The first-order valence-corrected chi connectivity index (χ1v) is 11.3. The molecule has 1 N–H and O–H groups in total. The lowest BCUT2D eigenvalue weighted by molar-refractivity contribution is 0.102. The molecule has 0 fully saturated rings. The van der Waals surface area contributed by atoms with Gasteiger partial charge in [0, 0.05) is 16.8 Å². The van der Waals surface area contributed by atoms with Gasteiger partial charge >= 0.3 is 0 Å². The van der Waals surface area contributed by atoms with Gasteiger partial charge in [0.05, 0.1) is 5.56 Å². The average molecular weight is 417 g/mol. The highest BCUT2D eigenvalue weighted by Crippen LogP contribution is 2.45. The lowest BCUT2D eigenvalue weighted by atomic mass is 9.72. The highest BCUT2D eigenvalue weighted by molar-refractivity contribution is 7.16. The normalized spacial score (nSPS) is 16.4. The van der Waals surface area contributed by atoms with E-state index in [1.54, 1.807) is 11.3 Å². The van der Waals surface area contributed by atoms with Gasteiger partial charge in [0.25, 0.3) is 5.91 Å². The Bertz CT molecular complexity index is 1050. The van der Waals surface area contributed by atoms with E-state index in [-0.39, 0.29) is 11.3 Å². The summed E-state index contributed by atoms with van der Waals surface area (Å²) < 4.78 is 0. The number of fused-ring (bicyclic) bond motifs is 1. The smallest absolute Gasteiger partial charge is 0.259 e. The summed E-state index contributed by atoms with van der Waals surface area (Å²) in [5.41, 5.74) is 4.05. The van der Waals surface area contributed by atoms with Gasteiger partial charge in [0.1, 0.15) is 5.00 Å². The molecule has 1 atom stereocenters. The molecule has 1 aliphatic rings. The van der Waals surface area contributed by atoms with Gasteiger partial charge in [-0.2, -0.15) is 0 Å². The van der Waals surface area contributed by atoms with Crippen LogP contribution in [0.1, 0.15) is 53.6 Å². The van der Waals surface area contributed by atoms with Gasteiger partial charge in [-0.1, -0.05) is 69.3 Å². The van der Waals surface area contributed by atoms with Crippen molar-refractivity contribution in [2.24, 2.45) is 16.3 Å². The number of carbonyl (C=O) groups is 1. The van der Waals surface area contributed by atoms with Crippen molar-refractivity contribution in [2.45, 2.75) is 40.0 Å². The van der Waals surface area contributed by atoms with E-state index < -0.39 is 0 Å². The van der Waals surface area contributed by atoms with Crippen LogP contribution in [0.3, 0.4) is 0 Å². The average Bonchev–Trinajstić information content (AvgIpc) is 3.11. The van der Waals surface area contributed by atoms with Gasteiger partial charge in [0.2, 0.25) is 0 Å². The zero-order valence-corrected chi connectivity index (χ0v) is 18.6. The zero-order chi connectivity index (χ0) is 21.1. The number of hydrogen-bond donors (Lipinski definition) is 1. The van der Waals surface area contributed by atoms with Crippen molar-refractivity contribution < 1.29 is 4.79 Å². The fourth-order valence-electron chi connectivity index (χ4n) is 4.02.